The van der Waals surface area contributed by atoms with Crippen LogP contribution in [0.1, 0.15) is 116 Å². The molecule has 5 aromatic carbocycles. The molecule has 2 fully saturated rings. The van der Waals surface area contributed by atoms with Gasteiger partial charge in [0.25, 0.3) is 0 Å². The van der Waals surface area contributed by atoms with Crippen LogP contribution in [-0.2, 0) is 25.5 Å². The monoisotopic (exact) mass is 933 g/mol. The predicted octanol–water partition coefficient (Wildman–Crippen LogP) is 14.2. The Kier molecular flexibility index (Phi) is 8.74. The minimum Gasteiger partial charge on any atom is -0.501 e. The Bertz CT molecular complexity index is 2970. The van der Waals surface area contributed by atoms with Gasteiger partial charge in [0.2, 0.25) is 0 Å². The summed E-state index contributed by atoms with van der Waals surface area (Å²) in [6, 6.07) is 35.7. The summed E-state index contributed by atoms with van der Waals surface area (Å²) in [4.78, 5) is 13.4. The van der Waals surface area contributed by atoms with Crippen LogP contribution in [-0.4, -0.2) is 15.0 Å². The molecular weight excluding hydrogens is 875 g/mol. The third-order valence-corrected chi connectivity index (χ3v) is 12.1. The van der Waals surface area contributed by atoms with Crippen molar-refractivity contribution in [3.05, 3.63) is 138 Å². The number of aryl methyl sites for hydroxylation is 2. The summed E-state index contributed by atoms with van der Waals surface area (Å²) in [6.45, 7) is 1.80. The molecular formula is C52H51IrN3O-2. The van der Waals surface area contributed by atoms with Crippen LogP contribution in [0.25, 0.3) is 66.1 Å². The zero-order valence-electron chi connectivity index (χ0n) is 39.8. The number of aromatic nitrogens is 3. The van der Waals surface area contributed by atoms with Gasteiger partial charge in [0, 0.05) is 58.6 Å². The van der Waals surface area contributed by atoms with Crippen LogP contribution >= 0.6 is 0 Å². The van der Waals surface area contributed by atoms with E-state index in [0.29, 0.717) is 52.0 Å². The van der Waals surface area contributed by atoms with Gasteiger partial charge in [-0.15, -0.1) is 53.6 Å². The van der Waals surface area contributed by atoms with Crippen LogP contribution in [0.4, 0.5) is 0 Å². The Morgan fingerprint density at radius 1 is 0.789 bits per heavy atom. The quantitative estimate of drug-likeness (QED) is 0.131. The molecule has 2 aliphatic rings. The first kappa shape index (κ1) is 31.3. The van der Waals surface area contributed by atoms with Crippen LogP contribution in [0.3, 0.4) is 0 Å². The molecule has 10 rings (SSSR count). The number of hydrogen-bond acceptors (Lipinski definition) is 4. The maximum atomic E-state index is 9.63. The van der Waals surface area contributed by atoms with Gasteiger partial charge in [-0.3, -0.25) is 9.97 Å². The van der Waals surface area contributed by atoms with E-state index in [2.05, 4.69) is 96.4 Å². The van der Waals surface area contributed by atoms with Crippen molar-refractivity contribution in [1.82, 2.24) is 15.0 Å². The van der Waals surface area contributed by atoms with Crippen LogP contribution in [0.5, 0.6) is 0 Å². The summed E-state index contributed by atoms with van der Waals surface area (Å²) in [5.74, 6) is -0.389. The van der Waals surface area contributed by atoms with Gasteiger partial charge < -0.3 is 9.40 Å². The molecule has 3 heterocycles. The summed E-state index contributed by atoms with van der Waals surface area (Å²) in [6.07, 6.45) is 12.9. The molecule has 57 heavy (non-hydrogen) atoms. The predicted molar refractivity (Wildman–Crippen MR) is 232 cm³/mol. The first-order chi connectivity index (χ1) is 29.9. The van der Waals surface area contributed by atoms with Crippen molar-refractivity contribution in [3.8, 4) is 22.6 Å². The Labute approximate surface area is 360 Å². The third-order valence-electron chi connectivity index (χ3n) is 12.1. The van der Waals surface area contributed by atoms with Gasteiger partial charge in [0.1, 0.15) is 5.58 Å². The normalized spacial score (nSPS) is 18.6. The van der Waals surface area contributed by atoms with Gasteiger partial charge in [-0.1, -0.05) is 100 Å². The van der Waals surface area contributed by atoms with Crippen molar-refractivity contribution in [2.24, 2.45) is 5.41 Å². The Balaban J connectivity index is 0.000000225. The molecule has 2 saturated carbocycles. The zero-order valence-corrected chi connectivity index (χ0v) is 35.2. The van der Waals surface area contributed by atoms with Crippen LogP contribution in [0.15, 0.2) is 108 Å². The average molecular weight is 933 g/mol. The molecule has 0 amide bonds. The molecule has 1 spiro atoms. The topological polar surface area (TPSA) is 51.8 Å². The molecule has 0 unspecified atom stereocenters. The second kappa shape index (κ2) is 15.9. The van der Waals surface area contributed by atoms with Gasteiger partial charge in [-0.05, 0) is 113 Å². The van der Waals surface area contributed by atoms with Crippen molar-refractivity contribution in [1.29, 1.82) is 0 Å². The van der Waals surface area contributed by atoms with E-state index in [0.717, 1.165) is 45.7 Å². The summed E-state index contributed by atoms with van der Waals surface area (Å²) in [5, 5.41) is 6.65. The maximum absolute atomic E-state index is 9.63. The molecule has 0 atom stereocenters. The first-order valence-corrected chi connectivity index (χ1v) is 20.0. The first-order valence-electron chi connectivity index (χ1n) is 23.5. The summed E-state index contributed by atoms with van der Waals surface area (Å²) >= 11 is 0. The summed E-state index contributed by atoms with van der Waals surface area (Å²) in [7, 11) is 0. The van der Waals surface area contributed by atoms with Crippen molar-refractivity contribution in [2.75, 3.05) is 0 Å². The smallest absolute Gasteiger partial charge is 0.121 e. The fourth-order valence-electron chi connectivity index (χ4n) is 8.94. The number of rotatable bonds is 3. The van der Waals surface area contributed by atoms with E-state index in [1.54, 1.807) is 18.3 Å². The second-order valence-corrected chi connectivity index (χ2v) is 16.8. The number of furan rings is 1. The Morgan fingerprint density at radius 2 is 1.61 bits per heavy atom. The van der Waals surface area contributed by atoms with Crippen molar-refractivity contribution in [3.63, 3.8) is 0 Å². The Hall–Kier alpha value is -4.70. The molecule has 0 N–H and O–H groups in total. The minimum atomic E-state index is -2.34. The van der Waals surface area contributed by atoms with E-state index < -0.39 is 19.6 Å². The molecule has 0 saturated heterocycles. The minimum absolute atomic E-state index is 0. The number of benzene rings is 5. The molecule has 4 nitrogen and oxygen atoms in total. The average Bonchev–Trinajstić information content (AvgIpc) is 3.64. The maximum Gasteiger partial charge on any atom is 0.121 e. The van der Waals surface area contributed by atoms with Crippen LogP contribution in [0.2, 0.25) is 0 Å². The van der Waals surface area contributed by atoms with Crippen molar-refractivity contribution in [2.45, 2.75) is 104 Å². The molecule has 3 aromatic heterocycles. The fourth-order valence-corrected chi connectivity index (χ4v) is 8.94. The number of fused-ring (bicyclic) bond motifs is 6. The van der Waals surface area contributed by atoms with E-state index in [1.807, 2.05) is 24.3 Å². The number of pyridine rings is 1. The molecule has 0 bridgehead atoms. The van der Waals surface area contributed by atoms with E-state index in [9.17, 15) is 1.37 Å². The van der Waals surface area contributed by atoms with Gasteiger partial charge in [0.15, 0.2) is 0 Å². The van der Waals surface area contributed by atoms with Crippen LogP contribution < -0.4 is 0 Å². The third kappa shape index (κ3) is 7.82. The Morgan fingerprint density at radius 3 is 2.39 bits per heavy atom. The molecule has 8 aromatic rings. The molecule has 291 valence electrons. The van der Waals surface area contributed by atoms with E-state index in [-0.39, 0.29) is 36.6 Å². The van der Waals surface area contributed by atoms with Gasteiger partial charge in [0.05, 0.1) is 11.4 Å². The van der Waals surface area contributed by atoms with Gasteiger partial charge >= 0.3 is 0 Å². The fraction of sp³-hybridized carbons (Fsp3) is 0.327. The van der Waals surface area contributed by atoms with Crippen molar-refractivity contribution >= 4 is 43.5 Å². The molecule has 5 heteroatoms. The molecule has 2 aliphatic carbocycles. The molecule has 1 radical (unpaired) electrons. The summed E-state index contributed by atoms with van der Waals surface area (Å²) in [5.41, 5.74) is 5.74. The standard InChI is InChI=1S/C37H34NO.C15H17N2.Ir/c1-24-23-38-34(21-31(24)26-14-18-37(19-15-26)16-5-2-6-17-37)30-11-7-10-29-33-20-27-13-12-25-8-3-4-9-28(25)32(27)22-35(33)39-36(29)30;1-11-5-7-12(8-6-11)14-16-10-9-13(17-14)15(2,3)4;/h3-4,7-10,12-13,20-23,26H,2,5-6,14-19H2,1H3;5-7,9-10H,1-4H3;/q2*-1;/i1D3,26D;1D3;. The second-order valence-electron chi connectivity index (χ2n) is 16.8. The molecule has 0 aliphatic heterocycles. The SMILES string of the molecule is [2H]C([2H])([2H])c1c[c-]c(-c2nccc(C(C)(C)C)n2)cc1.[2H]C([2H])([2H])c1cnc(-c2[c-]ccc3c2oc2cc4c(ccc5ccccc54)cc23)cc1C1([2H])CCC2(CCCCC2)CC1.[Ir]. The van der Waals surface area contributed by atoms with Crippen molar-refractivity contribution < 1.29 is 34.1 Å². The van der Waals surface area contributed by atoms with E-state index >= 15 is 0 Å². The van der Waals surface area contributed by atoms with Gasteiger partial charge in [-0.25, -0.2) is 0 Å². The number of hydrogen-bond donors (Lipinski definition) is 0. The summed E-state index contributed by atoms with van der Waals surface area (Å²) < 4.78 is 63.1. The zero-order chi connectivity index (χ0) is 44.4. The van der Waals surface area contributed by atoms with E-state index in [4.69, 9.17) is 12.6 Å². The largest absolute Gasteiger partial charge is 0.501 e. The van der Waals surface area contributed by atoms with Crippen LogP contribution in [0, 0.1) is 31.3 Å². The van der Waals surface area contributed by atoms with Gasteiger partial charge in [-0.2, -0.15) is 0 Å². The number of nitrogens with zero attached hydrogens (tertiary/aromatic N) is 3. The van der Waals surface area contributed by atoms with E-state index in [1.165, 1.54) is 55.1 Å².